The molecule has 1 aliphatic carbocycles. The molecule has 1 unspecified atom stereocenters. The van der Waals surface area contributed by atoms with Crippen molar-refractivity contribution in [2.45, 2.75) is 12.5 Å². The van der Waals surface area contributed by atoms with Gasteiger partial charge in [-0.3, -0.25) is 0 Å². The van der Waals surface area contributed by atoms with Crippen molar-refractivity contribution in [3.8, 4) is 22.9 Å². The number of fused-ring (bicyclic) bond motifs is 6. The standard InChI is InChI=1S/C43H29N3/c44-28-29-18-21-41-37(24-29)39-27-33(20-23-43(39)45(41)34-13-5-2-6-14-34)32-19-22-42-38(26-32)36-16-7-8-17-40(36)46(42)35-15-9-12-31(25-35)30-10-3-1-4-11-30/h1-14,16-27,35H,15H2. The number of allylic oxidation sites excluding steroid dienone is 4. The van der Waals surface area contributed by atoms with Gasteiger partial charge < -0.3 is 9.13 Å². The van der Waals surface area contributed by atoms with Crippen LogP contribution in [-0.4, -0.2) is 9.13 Å². The van der Waals surface area contributed by atoms with E-state index in [2.05, 4.69) is 155 Å². The summed E-state index contributed by atoms with van der Waals surface area (Å²) in [6.07, 6.45) is 7.93. The maximum absolute atomic E-state index is 9.72. The van der Waals surface area contributed by atoms with Gasteiger partial charge in [0.15, 0.2) is 0 Å². The van der Waals surface area contributed by atoms with Crippen LogP contribution in [0.15, 0.2) is 158 Å². The van der Waals surface area contributed by atoms with Crippen LogP contribution in [0.3, 0.4) is 0 Å². The molecule has 0 saturated heterocycles. The van der Waals surface area contributed by atoms with E-state index in [0.717, 1.165) is 39.5 Å². The Labute approximate surface area is 267 Å². The van der Waals surface area contributed by atoms with Gasteiger partial charge in [0.2, 0.25) is 0 Å². The maximum atomic E-state index is 9.72. The van der Waals surface area contributed by atoms with Gasteiger partial charge in [-0.1, -0.05) is 97.1 Å². The molecule has 0 radical (unpaired) electrons. The molecule has 1 aliphatic rings. The number of hydrogen-bond donors (Lipinski definition) is 0. The Hall–Kier alpha value is -6.11. The van der Waals surface area contributed by atoms with Crippen LogP contribution in [0.1, 0.15) is 23.6 Å². The average Bonchev–Trinajstić information content (AvgIpc) is 3.64. The molecule has 9 rings (SSSR count). The number of aromatic nitrogens is 2. The summed E-state index contributed by atoms with van der Waals surface area (Å²) in [5.41, 5.74) is 11.4. The SMILES string of the molecule is N#Cc1ccc2c(c1)c1cc(-c3ccc4c(c3)c3ccccc3n4C3C=C(c4ccccc4)C=CC3)ccc1n2-c1ccccc1. The Bertz CT molecular complexity index is 2560. The summed E-state index contributed by atoms with van der Waals surface area (Å²) in [7, 11) is 0. The topological polar surface area (TPSA) is 33.6 Å². The van der Waals surface area contributed by atoms with Crippen LogP contribution in [0.25, 0.3) is 66.0 Å². The van der Waals surface area contributed by atoms with Gasteiger partial charge in [0.1, 0.15) is 0 Å². The van der Waals surface area contributed by atoms with Gasteiger partial charge in [-0.2, -0.15) is 5.26 Å². The summed E-state index contributed by atoms with van der Waals surface area (Å²) >= 11 is 0. The second-order valence-corrected chi connectivity index (χ2v) is 12.1. The Morgan fingerprint density at radius 3 is 1.91 bits per heavy atom. The number of para-hydroxylation sites is 2. The second kappa shape index (κ2) is 10.5. The first-order valence-corrected chi connectivity index (χ1v) is 15.8. The number of benzene rings is 6. The molecular formula is C43H29N3. The van der Waals surface area contributed by atoms with Crippen LogP contribution >= 0.6 is 0 Å². The van der Waals surface area contributed by atoms with Crippen LogP contribution in [-0.2, 0) is 0 Å². The second-order valence-electron chi connectivity index (χ2n) is 12.1. The quantitative estimate of drug-likeness (QED) is 0.202. The smallest absolute Gasteiger partial charge is 0.0991 e. The van der Waals surface area contributed by atoms with Gasteiger partial charge in [0.25, 0.3) is 0 Å². The fourth-order valence-corrected chi connectivity index (χ4v) is 7.34. The van der Waals surface area contributed by atoms with Crippen LogP contribution in [0, 0.1) is 11.3 Å². The van der Waals surface area contributed by atoms with Gasteiger partial charge >= 0.3 is 0 Å². The molecule has 3 nitrogen and oxygen atoms in total. The third kappa shape index (κ3) is 4.12. The maximum Gasteiger partial charge on any atom is 0.0991 e. The van der Waals surface area contributed by atoms with Crippen LogP contribution < -0.4 is 0 Å². The molecule has 0 N–H and O–H groups in total. The first-order chi connectivity index (χ1) is 22.8. The third-order valence-corrected chi connectivity index (χ3v) is 9.44. The molecular weight excluding hydrogens is 558 g/mol. The molecule has 3 heteroatoms. The Morgan fingerprint density at radius 2 is 1.15 bits per heavy atom. The zero-order chi connectivity index (χ0) is 30.6. The zero-order valence-electron chi connectivity index (χ0n) is 25.1. The highest BCUT2D eigenvalue weighted by molar-refractivity contribution is 6.12. The van der Waals surface area contributed by atoms with Gasteiger partial charge in [-0.25, -0.2) is 0 Å². The molecule has 6 aromatic carbocycles. The van der Waals surface area contributed by atoms with E-state index >= 15 is 0 Å². The lowest BCUT2D eigenvalue weighted by Crippen LogP contribution is -2.08. The van der Waals surface area contributed by atoms with Crippen molar-refractivity contribution in [3.05, 3.63) is 169 Å². The minimum Gasteiger partial charge on any atom is -0.333 e. The van der Waals surface area contributed by atoms with Crippen LogP contribution in [0.2, 0.25) is 0 Å². The number of hydrogen-bond acceptors (Lipinski definition) is 1. The third-order valence-electron chi connectivity index (χ3n) is 9.44. The molecule has 0 spiro atoms. The molecule has 0 amide bonds. The lowest BCUT2D eigenvalue weighted by molar-refractivity contribution is 0.650. The summed E-state index contributed by atoms with van der Waals surface area (Å²) in [5, 5.41) is 14.5. The highest BCUT2D eigenvalue weighted by atomic mass is 15.0. The predicted molar refractivity (Wildman–Crippen MR) is 191 cm³/mol. The van der Waals surface area contributed by atoms with E-state index in [0.29, 0.717) is 5.56 Å². The highest BCUT2D eigenvalue weighted by Crippen LogP contribution is 2.40. The van der Waals surface area contributed by atoms with Crippen molar-refractivity contribution in [2.24, 2.45) is 0 Å². The predicted octanol–water partition coefficient (Wildman–Crippen LogP) is 11.0. The fraction of sp³-hybridized carbons (Fsp3) is 0.0465. The van der Waals surface area contributed by atoms with E-state index in [1.54, 1.807) is 0 Å². The summed E-state index contributed by atoms with van der Waals surface area (Å²) in [6.45, 7) is 0. The van der Waals surface area contributed by atoms with Crippen molar-refractivity contribution < 1.29 is 0 Å². The van der Waals surface area contributed by atoms with E-state index in [-0.39, 0.29) is 6.04 Å². The molecule has 0 saturated carbocycles. The van der Waals surface area contributed by atoms with E-state index in [4.69, 9.17) is 0 Å². The Morgan fingerprint density at radius 1 is 0.543 bits per heavy atom. The van der Waals surface area contributed by atoms with Crippen molar-refractivity contribution >= 4 is 49.2 Å². The van der Waals surface area contributed by atoms with Crippen LogP contribution in [0.4, 0.5) is 0 Å². The van der Waals surface area contributed by atoms with Crippen molar-refractivity contribution in [1.82, 2.24) is 9.13 Å². The Kier molecular flexibility index (Phi) is 6.01. The molecule has 216 valence electrons. The Balaban J connectivity index is 1.22. The molecule has 0 fully saturated rings. The molecule has 2 heterocycles. The monoisotopic (exact) mass is 587 g/mol. The number of nitriles is 1. The lowest BCUT2D eigenvalue weighted by Gasteiger charge is -2.21. The normalized spacial score (nSPS) is 14.7. The summed E-state index contributed by atoms with van der Waals surface area (Å²) in [5.74, 6) is 0. The van der Waals surface area contributed by atoms with E-state index < -0.39 is 0 Å². The first kappa shape index (κ1) is 26.3. The fourth-order valence-electron chi connectivity index (χ4n) is 7.34. The van der Waals surface area contributed by atoms with Gasteiger partial charge in [-0.05, 0) is 89.3 Å². The van der Waals surface area contributed by atoms with E-state index in [9.17, 15) is 5.26 Å². The average molecular weight is 588 g/mol. The minimum atomic E-state index is 0.225. The van der Waals surface area contributed by atoms with E-state index in [1.165, 1.54) is 38.5 Å². The summed E-state index contributed by atoms with van der Waals surface area (Å²) in [4.78, 5) is 0. The van der Waals surface area contributed by atoms with Gasteiger partial charge in [-0.15, -0.1) is 0 Å². The molecule has 0 bridgehead atoms. The molecule has 2 aromatic heterocycles. The summed E-state index contributed by atoms with van der Waals surface area (Å²) < 4.78 is 4.81. The molecule has 1 atom stereocenters. The highest BCUT2D eigenvalue weighted by Gasteiger charge is 2.20. The molecule has 8 aromatic rings. The first-order valence-electron chi connectivity index (χ1n) is 15.8. The van der Waals surface area contributed by atoms with Crippen molar-refractivity contribution in [3.63, 3.8) is 0 Å². The zero-order valence-corrected chi connectivity index (χ0v) is 25.1. The van der Waals surface area contributed by atoms with Gasteiger partial charge in [0, 0.05) is 38.3 Å². The lowest BCUT2D eigenvalue weighted by atomic mass is 9.96. The van der Waals surface area contributed by atoms with E-state index in [1.807, 2.05) is 18.2 Å². The van der Waals surface area contributed by atoms with Crippen molar-refractivity contribution in [1.29, 1.82) is 5.26 Å². The number of rotatable bonds is 4. The van der Waals surface area contributed by atoms with Gasteiger partial charge in [0.05, 0.1) is 28.7 Å². The summed E-state index contributed by atoms with van der Waals surface area (Å²) in [6, 6.07) is 52.1. The van der Waals surface area contributed by atoms with Crippen LogP contribution in [0.5, 0.6) is 0 Å². The minimum absolute atomic E-state index is 0.225. The largest absolute Gasteiger partial charge is 0.333 e. The van der Waals surface area contributed by atoms with Crippen molar-refractivity contribution in [2.75, 3.05) is 0 Å². The number of nitrogens with zero attached hydrogens (tertiary/aromatic N) is 3. The molecule has 46 heavy (non-hydrogen) atoms. The molecule has 0 aliphatic heterocycles.